The van der Waals surface area contributed by atoms with Crippen molar-refractivity contribution in [2.75, 3.05) is 30.9 Å². The van der Waals surface area contributed by atoms with Gasteiger partial charge in [0, 0.05) is 14.1 Å². The van der Waals surface area contributed by atoms with E-state index in [1.54, 1.807) is 18.3 Å². The second-order valence-electron chi connectivity index (χ2n) is 5.15. The minimum absolute atomic E-state index is 0.187. The number of pyridine rings is 1. The molecule has 1 amide bonds. The molecule has 0 saturated carbocycles. The highest BCUT2D eigenvalue weighted by Gasteiger charge is 2.27. The number of nitrogens with one attached hydrogen (secondary N) is 1. The number of fused-ring (bicyclic) bond motifs is 1. The van der Waals surface area contributed by atoms with Gasteiger partial charge in [0.15, 0.2) is 11.5 Å². The lowest BCUT2D eigenvalue weighted by molar-refractivity contribution is -0.125. The van der Waals surface area contributed by atoms with Crippen molar-refractivity contribution >= 4 is 17.4 Å². The number of hydrogen-bond acceptors (Lipinski definition) is 5. The molecule has 0 unspecified atom stereocenters. The van der Waals surface area contributed by atoms with Crippen LogP contribution >= 0.6 is 0 Å². The van der Waals surface area contributed by atoms with E-state index in [9.17, 15) is 4.79 Å². The summed E-state index contributed by atoms with van der Waals surface area (Å²) in [6.45, 7) is 0.187. The molecule has 0 fully saturated rings. The quantitative estimate of drug-likeness (QED) is 0.938. The van der Waals surface area contributed by atoms with Gasteiger partial charge < -0.3 is 19.7 Å². The van der Waals surface area contributed by atoms with Gasteiger partial charge in [0.2, 0.25) is 6.10 Å². The normalized spacial score (nSPS) is 16.0. The SMILES string of the molecule is CN(C)c1ccc(NC(=O)[C@H]2COc3ccccc3O2)cn1. The highest BCUT2D eigenvalue weighted by atomic mass is 16.6. The Morgan fingerprint density at radius 3 is 2.68 bits per heavy atom. The maximum atomic E-state index is 12.2. The maximum Gasteiger partial charge on any atom is 0.269 e. The summed E-state index contributed by atoms with van der Waals surface area (Å²) in [5, 5.41) is 2.78. The van der Waals surface area contributed by atoms with Crippen LogP contribution in [0.5, 0.6) is 11.5 Å². The van der Waals surface area contributed by atoms with Gasteiger partial charge in [0.1, 0.15) is 12.4 Å². The fourth-order valence-electron chi connectivity index (χ4n) is 2.10. The van der Waals surface area contributed by atoms with E-state index in [4.69, 9.17) is 9.47 Å². The molecule has 1 aromatic carbocycles. The van der Waals surface area contributed by atoms with Crippen molar-refractivity contribution in [3.8, 4) is 11.5 Å². The minimum atomic E-state index is -0.677. The predicted molar refractivity (Wildman–Crippen MR) is 83.5 cm³/mol. The Balaban J connectivity index is 1.65. The molecule has 1 aliphatic rings. The summed E-state index contributed by atoms with van der Waals surface area (Å²) in [7, 11) is 3.82. The zero-order valence-corrected chi connectivity index (χ0v) is 12.4. The number of nitrogens with zero attached hydrogens (tertiary/aromatic N) is 2. The molecule has 1 aromatic heterocycles. The second-order valence-corrected chi connectivity index (χ2v) is 5.15. The smallest absolute Gasteiger partial charge is 0.269 e. The van der Waals surface area contributed by atoms with Crippen molar-refractivity contribution in [1.29, 1.82) is 0 Å². The molecule has 0 spiro atoms. The largest absolute Gasteiger partial charge is 0.485 e. The molecule has 22 heavy (non-hydrogen) atoms. The molecule has 114 valence electrons. The first-order valence-corrected chi connectivity index (χ1v) is 6.96. The number of para-hydroxylation sites is 2. The number of rotatable bonds is 3. The zero-order valence-electron chi connectivity index (χ0n) is 12.4. The third-order valence-corrected chi connectivity index (χ3v) is 3.27. The molecule has 0 aliphatic carbocycles. The monoisotopic (exact) mass is 299 g/mol. The van der Waals surface area contributed by atoms with Crippen molar-refractivity contribution in [2.45, 2.75) is 6.10 Å². The first-order valence-electron chi connectivity index (χ1n) is 6.96. The summed E-state index contributed by atoms with van der Waals surface area (Å²) < 4.78 is 11.2. The molecule has 2 heterocycles. The second kappa shape index (κ2) is 5.93. The van der Waals surface area contributed by atoms with E-state index in [1.165, 1.54) is 0 Å². The Morgan fingerprint density at radius 1 is 1.23 bits per heavy atom. The predicted octanol–water partition coefficient (Wildman–Crippen LogP) is 1.93. The number of benzene rings is 1. The summed E-state index contributed by atoms with van der Waals surface area (Å²) in [6.07, 6.45) is 0.939. The zero-order chi connectivity index (χ0) is 15.5. The molecule has 6 heteroatoms. The Morgan fingerprint density at radius 2 is 2.00 bits per heavy atom. The van der Waals surface area contributed by atoms with Crippen LogP contribution in [0, 0.1) is 0 Å². The fraction of sp³-hybridized carbons (Fsp3) is 0.250. The first kappa shape index (κ1) is 14.2. The van der Waals surface area contributed by atoms with Crippen molar-refractivity contribution < 1.29 is 14.3 Å². The lowest BCUT2D eigenvalue weighted by atomic mass is 10.2. The number of aromatic nitrogens is 1. The van der Waals surface area contributed by atoms with Crippen LogP contribution in [-0.4, -0.2) is 37.7 Å². The number of hydrogen-bond donors (Lipinski definition) is 1. The summed E-state index contributed by atoms with van der Waals surface area (Å²) in [4.78, 5) is 18.4. The van der Waals surface area contributed by atoms with Crippen LogP contribution in [0.25, 0.3) is 0 Å². The summed E-state index contributed by atoms with van der Waals surface area (Å²) in [5.41, 5.74) is 0.623. The average Bonchev–Trinajstić information content (AvgIpc) is 2.55. The van der Waals surface area contributed by atoms with Crippen LogP contribution in [-0.2, 0) is 4.79 Å². The highest BCUT2D eigenvalue weighted by molar-refractivity contribution is 5.94. The van der Waals surface area contributed by atoms with E-state index in [0.29, 0.717) is 17.2 Å². The van der Waals surface area contributed by atoms with Crippen LogP contribution in [0.4, 0.5) is 11.5 Å². The van der Waals surface area contributed by atoms with Crippen LogP contribution < -0.4 is 19.7 Å². The summed E-state index contributed by atoms with van der Waals surface area (Å²) >= 11 is 0. The standard InChI is InChI=1S/C16H17N3O3/c1-19(2)15-8-7-11(9-17-15)18-16(20)14-10-21-12-5-3-4-6-13(12)22-14/h3-9,14H,10H2,1-2H3,(H,18,20)/t14-/m1/s1. The topological polar surface area (TPSA) is 63.7 Å². The van der Waals surface area contributed by atoms with Gasteiger partial charge in [0.25, 0.3) is 5.91 Å². The molecule has 2 aromatic rings. The van der Waals surface area contributed by atoms with Crippen LogP contribution in [0.3, 0.4) is 0 Å². The van der Waals surface area contributed by atoms with Crippen LogP contribution in [0.15, 0.2) is 42.6 Å². The number of ether oxygens (including phenoxy) is 2. The fourth-order valence-corrected chi connectivity index (χ4v) is 2.10. The third-order valence-electron chi connectivity index (χ3n) is 3.27. The van der Waals surface area contributed by atoms with Gasteiger partial charge >= 0.3 is 0 Å². The summed E-state index contributed by atoms with van der Waals surface area (Å²) in [6, 6.07) is 10.9. The molecule has 1 N–H and O–H groups in total. The van der Waals surface area contributed by atoms with E-state index >= 15 is 0 Å². The molecule has 1 aliphatic heterocycles. The maximum absolute atomic E-state index is 12.2. The van der Waals surface area contributed by atoms with Gasteiger partial charge in [-0.15, -0.1) is 0 Å². The molecular weight excluding hydrogens is 282 g/mol. The van der Waals surface area contributed by atoms with Crippen LogP contribution in [0.1, 0.15) is 0 Å². The number of amides is 1. The van der Waals surface area contributed by atoms with E-state index < -0.39 is 6.10 Å². The Hall–Kier alpha value is -2.76. The van der Waals surface area contributed by atoms with Crippen molar-refractivity contribution in [2.24, 2.45) is 0 Å². The molecular formula is C16H17N3O3. The van der Waals surface area contributed by atoms with Crippen molar-refractivity contribution in [1.82, 2.24) is 4.98 Å². The van der Waals surface area contributed by atoms with Crippen molar-refractivity contribution in [3.63, 3.8) is 0 Å². The van der Waals surface area contributed by atoms with Gasteiger partial charge in [-0.2, -0.15) is 0 Å². The molecule has 6 nitrogen and oxygen atoms in total. The van der Waals surface area contributed by atoms with E-state index in [-0.39, 0.29) is 12.5 Å². The first-order chi connectivity index (χ1) is 10.6. The van der Waals surface area contributed by atoms with Gasteiger partial charge in [-0.25, -0.2) is 4.98 Å². The van der Waals surface area contributed by atoms with E-state index in [2.05, 4.69) is 10.3 Å². The van der Waals surface area contributed by atoms with Gasteiger partial charge in [-0.3, -0.25) is 4.79 Å². The van der Waals surface area contributed by atoms with Crippen molar-refractivity contribution in [3.05, 3.63) is 42.6 Å². The molecule has 0 saturated heterocycles. The molecule has 0 radical (unpaired) electrons. The van der Waals surface area contributed by atoms with Gasteiger partial charge in [-0.1, -0.05) is 12.1 Å². The highest BCUT2D eigenvalue weighted by Crippen LogP contribution is 2.31. The Labute approximate surface area is 128 Å². The van der Waals surface area contributed by atoms with E-state index in [0.717, 1.165) is 5.82 Å². The number of carbonyl (C=O) groups excluding carboxylic acids is 1. The number of carbonyl (C=O) groups is 1. The third kappa shape index (κ3) is 2.95. The van der Waals surface area contributed by atoms with Gasteiger partial charge in [-0.05, 0) is 24.3 Å². The van der Waals surface area contributed by atoms with Crippen LogP contribution in [0.2, 0.25) is 0 Å². The minimum Gasteiger partial charge on any atom is -0.485 e. The van der Waals surface area contributed by atoms with Gasteiger partial charge in [0.05, 0.1) is 11.9 Å². The average molecular weight is 299 g/mol. The number of anilines is 2. The summed E-state index contributed by atoms with van der Waals surface area (Å²) in [5.74, 6) is 1.80. The van der Waals surface area contributed by atoms with E-state index in [1.807, 2.05) is 43.3 Å². The lowest BCUT2D eigenvalue weighted by Crippen LogP contribution is -2.40. The Bertz CT molecular complexity index is 671. The Kier molecular flexibility index (Phi) is 3.82. The molecule has 1 atom stereocenters. The lowest BCUT2D eigenvalue weighted by Gasteiger charge is -2.25. The molecule has 0 bridgehead atoms. The molecule has 3 rings (SSSR count).